The summed E-state index contributed by atoms with van der Waals surface area (Å²) in [5.41, 5.74) is 3.12. The number of phenols is 1. The molecule has 1 aromatic heterocycles. The maximum Gasteiger partial charge on any atom is 0.390 e. The smallest absolute Gasteiger partial charge is 0.390 e. The largest absolute Gasteiger partial charge is 0.503 e. The Bertz CT molecular complexity index is 1900. The SMILES string of the molecule is Cc1c(C(=O)Nc2ccc(F)c(F)c2O)nn(-c2ccc(Cl)cc2Cl)c1-c1ccc(N2CCOCC2)cc1.O=S(=O)(O)CCC(F)(F)F. The highest BCUT2D eigenvalue weighted by Gasteiger charge is 2.29. The predicted molar refractivity (Wildman–Crippen MR) is 170 cm³/mol. The number of hydrogen-bond acceptors (Lipinski definition) is 7. The van der Waals surface area contributed by atoms with Gasteiger partial charge in [0, 0.05) is 34.9 Å². The zero-order valence-corrected chi connectivity index (χ0v) is 27.2. The van der Waals surface area contributed by atoms with E-state index < -0.39 is 51.8 Å². The second kappa shape index (κ2) is 15.1. The Balaban J connectivity index is 0.000000453. The molecule has 18 heteroatoms. The number of halogens is 7. The van der Waals surface area contributed by atoms with E-state index in [2.05, 4.69) is 15.3 Å². The van der Waals surface area contributed by atoms with Crippen molar-refractivity contribution in [3.8, 4) is 22.7 Å². The summed E-state index contributed by atoms with van der Waals surface area (Å²) in [5.74, 6) is -5.69. The van der Waals surface area contributed by atoms with E-state index in [4.69, 9.17) is 32.5 Å². The number of nitrogens with zero attached hydrogens (tertiary/aromatic N) is 3. The van der Waals surface area contributed by atoms with Crippen LogP contribution in [0.25, 0.3) is 16.9 Å². The molecule has 1 aliphatic heterocycles. The molecule has 3 aromatic carbocycles. The quantitative estimate of drug-likeness (QED) is 0.104. The Morgan fingerprint density at radius 2 is 1.69 bits per heavy atom. The van der Waals surface area contributed by atoms with Gasteiger partial charge >= 0.3 is 6.18 Å². The van der Waals surface area contributed by atoms with E-state index >= 15 is 0 Å². The van der Waals surface area contributed by atoms with Crippen molar-refractivity contribution >= 4 is 50.6 Å². The first kappa shape index (κ1) is 36.9. The topological polar surface area (TPSA) is 134 Å². The molecule has 5 rings (SSSR count). The van der Waals surface area contributed by atoms with E-state index in [1.165, 1.54) is 4.68 Å². The lowest BCUT2D eigenvalue weighted by molar-refractivity contribution is -0.130. The molecule has 1 fully saturated rings. The highest BCUT2D eigenvalue weighted by molar-refractivity contribution is 7.85. The standard InChI is InChI=1S/C27H22Cl2F2N4O3.C3H5F3O3S/c1-15-24(27(37)32-21-8-7-20(30)23(31)26(21)36)33-35(22-9-4-17(28)14-19(22)29)25(15)16-2-5-18(6-3-16)34-10-12-38-13-11-34;4-3(5,6)1-2-10(7,8)9/h2-9,14,36H,10-13H2,1H3,(H,32,37);1-2H2,(H,7,8,9). The van der Waals surface area contributed by atoms with Crippen molar-refractivity contribution in [1.82, 2.24) is 9.78 Å². The first-order chi connectivity index (χ1) is 22.4. The van der Waals surface area contributed by atoms with Gasteiger partial charge in [0.1, 0.15) is 0 Å². The van der Waals surface area contributed by atoms with Gasteiger partial charge in [0.25, 0.3) is 16.0 Å². The average molecular weight is 738 g/mol. The molecule has 0 unspecified atom stereocenters. The summed E-state index contributed by atoms with van der Waals surface area (Å²) in [7, 11) is -4.48. The van der Waals surface area contributed by atoms with Crippen molar-refractivity contribution < 1.29 is 49.6 Å². The van der Waals surface area contributed by atoms with Gasteiger partial charge < -0.3 is 20.1 Å². The lowest BCUT2D eigenvalue weighted by atomic mass is 10.0. The van der Waals surface area contributed by atoms with Crippen LogP contribution in [0.1, 0.15) is 22.5 Å². The van der Waals surface area contributed by atoms with Gasteiger partial charge in [-0.15, -0.1) is 0 Å². The molecule has 1 saturated heterocycles. The fourth-order valence-electron chi connectivity index (χ4n) is 4.60. The third-order valence-electron chi connectivity index (χ3n) is 6.95. The highest BCUT2D eigenvalue weighted by atomic mass is 35.5. The average Bonchev–Trinajstić information content (AvgIpc) is 3.37. The Morgan fingerprint density at radius 1 is 1.04 bits per heavy atom. The summed E-state index contributed by atoms with van der Waals surface area (Å²) in [6, 6.07) is 14.6. The van der Waals surface area contributed by atoms with E-state index in [1.807, 2.05) is 24.3 Å². The number of ether oxygens (including phenoxy) is 1. The van der Waals surface area contributed by atoms with Crippen molar-refractivity contribution in [2.45, 2.75) is 19.5 Å². The van der Waals surface area contributed by atoms with Crippen LogP contribution in [0, 0.1) is 18.6 Å². The zero-order chi connectivity index (χ0) is 35.4. The molecule has 2 heterocycles. The zero-order valence-electron chi connectivity index (χ0n) is 24.9. The first-order valence-electron chi connectivity index (χ1n) is 13.9. The molecular formula is C30H27Cl2F5N4O6S. The lowest BCUT2D eigenvalue weighted by Gasteiger charge is -2.29. The summed E-state index contributed by atoms with van der Waals surface area (Å²) in [4.78, 5) is 15.4. The number of phenolic OH excluding ortho intramolecular Hbond substituents is 1. The maximum absolute atomic E-state index is 13.8. The van der Waals surface area contributed by atoms with Gasteiger partial charge in [-0.3, -0.25) is 9.35 Å². The molecule has 0 radical (unpaired) electrons. The maximum atomic E-state index is 13.8. The van der Waals surface area contributed by atoms with E-state index in [0.29, 0.717) is 40.2 Å². The lowest BCUT2D eigenvalue weighted by Crippen LogP contribution is -2.36. The Kier molecular flexibility index (Phi) is 11.6. The summed E-state index contributed by atoms with van der Waals surface area (Å²) in [6.07, 6.45) is -6.04. The summed E-state index contributed by atoms with van der Waals surface area (Å²) in [6.45, 7) is 4.62. The number of morpholine rings is 1. The van der Waals surface area contributed by atoms with Gasteiger partial charge in [0.2, 0.25) is 5.82 Å². The van der Waals surface area contributed by atoms with E-state index in [0.717, 1.165) is 36.5 Å². The number of nitrogens with one attached hydrogen (secondary N) is 1. The van der Waals surface area contributed by atoms with E-state index in [-0.39, 0.29) is 11.4 Å². The minimum absolute atomic E-state index is 0.00686. The molecule has 258 valence electrons. The second-order valence-electron chi connectivity index (χ2n) is 10.3. The monoisotopic (exact) mass is 736 g/mol. The molecule has 0 atom stereocenters. The van der Waals surface area contributed by atoms with Crippen molar-refractivity contribution in [1.29, 1.82) is 0 Å². The Hall–Kier alpha value is -3.96. The molecule has 48 heavy (non-hydrogen) atoms. The predicted octanol–water partition coefficient (Wildman–Crippen LogP) is 7.05. The first-order valence-corrected chi connectivity index (χ1v) is 16.3. The normalized spacial score (nSPS) is 13.6. The summed E-state index contributed by atoms with van der Waals surface area (Å²) in [5, 5.41) is 17.6. The molecule has 4 aromatic rings. The van der Waals surface area contributed by atoms with Gasteiger partial charge in [-0.25, -0.2) is 9.07 Å². The highest BCUT2D eigenvalue weighted by Crippen LogP contribution is 2.35. The summed E-state index contributed by atoms with van der Waals surface area (Å²) < 4.78 is 95.2. The van der Waals surface area contributed by atoms with Crippen LogP contribution in [0.4, 0.5) is 33.3 Å². The molecule has 1 amide bonds. The van der Waals surface area contributed by atoms with E-state index in [9.17, 15) is 40.3 Å². The van der Waals surface area contributed by atoms with Crippen LogP contribution >= 0.6 is 23.2 Å². The summed E-state index contributed by atoms with van der Waals surface area (Å²) >= 11 is 12.6. The van der Waals surface area contributed by atoms with Crippen molar-refractivity contribution in [2.75, 3.05) is 42.3 Å². The van der Waals surface area contributed by atoms with Crippen LogP contribution in [-0.4, -0.2) is 72.0 Å². The number of aromatic hydroxyl groups is 1. The van der Waals surface area contributed by atoms with Crippen LogP contribution in [-0.2, 0) is 14.9 Å². The fourth-order valence-corrected chi connectivity index (χ4v) is 5.57. The van der Waals surface area contributed by atoms with Crippen molar-refractivity contribution in [2.24, 2.45) is 0 Å². The number of carbonyl (C=O) groups is 1. The molecule has 0 aliphatic carbocycles. The van der Waals surface area contributed by atoms with Gasteiger partial charge in [0.15, 0.2) is 17.3 Å². The molecule has 10 nitrogen and oxygen atoms in total. The number of anilines is 2. The minimum atomic E-state index is -4.53. The Morgan fingerprint density at radius 3 is 2.25 bits per heavy atom. The molecule has 0 spiro atoms. The van der Waals surface area contributed by atoms with Crippen molar-refractivity contribution in [3.05, 3.63) is 87.5 Å². The minimum Gasteiger partial charge on any atom is -0.503 e. The Labute approximate surface area is 281 Å². The molecule has 0 bridgehead atoms. The molecule has 3 N–H and O–H groups in total. The van der Waals surface area contributed by atoms with E-state index in [1.54, 1.807) is 25.1 Å². The number of carbonyl (C=O) groups excluding carboxylic acids is 1. The number of benzene rings is 3. The van der Waals surface area contributed by atoms with Crippen molar-refractivity contribution in [3.63, 3.8) is 0 Å². The number of aromatic nitrogens is 2. The number of alkyl halides is 3. The molecule has 0 saturated carbocycles. The van der Waals surface area contributed by atoms with Gasteiger partial charge in [-0.05, 0) is 49.4 Å². The fraction of sp³-hybridized carbons (Fsp3) is 0.267. The molecular weight excluding hydrogens is 710 g/mol. The van der Waals surface area contributed by atoms with Crippen LogP contribution in [0.5, 0.6) is 5.75 Å². The number of rotatable bonds is 7. The van der Waals surface area contributed by atoms with Gasteiger partial charge in [-0.1, -0.05) is 35.3 Å². The second-order valence-corrected chi connectivity index (χ2v) is 12.8. The number of amides is 1. The number of hydrogen-bond donors (Lipinski definition) is 3. The van der Waals surface area contributed by atoms with Crippen LogP contribution < -0.4 is 10.2 Å². The molecule has 1 aliphatic rings. The third-order valence-corrected chi connectivity index (χ3v) is 8.21. The third kappa shape index (κ3) is 9.35. The van der Waals surface area contributed by atoms with Crippen LogP contribution in [0.15, 0.2) is 54.6 Å². The van der Waals surface area contributed by atoms with Crippen LogP contribution in [0.2, 0.25) is 10.0 Å². The van der Waals surface area contributed by atoms with Crippen LogP contribution in [0.3, 0.4) is 0 Å². The van der Waals surface area contributed by atoms with Gasteiger partial charge in [0.05, 0.1) is 47.5 Å². The van der Waals surface area contributed by atoms with Gasteiger partial charge in [-0.2, -0.15) is 31.1 Å².